The molecule has 0 amide bonds. The Balaban J connectivity index is 2.12. The predicted molar refractivity (Wildman–Crippen MR) is 66.4 cm³/mol. The van der Waals surface area contributed by atoms with E-state index in [0.29, 0.717) is 5.69 Å². The maximum atomic E-state index is 8.70. The highest BCUT2D eigenvalue weighted by Crippen LogP contribution is 1.99. The van der Waals surface area contributed by atoms with Gasteiger partial charge in [-0.2, -0.15) is 5.26 Å². The van der Waals surface area contributed by atoms with Gasteiger partial charge in [-0.3, -0.25) is 0 Å². The van der Waals surface area contributed by atoms with Crippen molar-refractivity contribution in [2.45, 2.75) is 26.3 Å². The van der Waals surface area contributed by atoms with E-state index in [2.05, 4.69) is 17.2 Å². The number of rotatable bonds is 8. The molecular formula is C13H19N3O. The lowest BCUT2D eigenvalue weighted by molar-refractivity contribution is 0.133. The van der Waals surface area contributed by atoms with Crippen LogP contribution in [-0.2, 0) is 11.3 Å². The van der Waals surface area contributed by atoms with E-state index in [1.807, 2.05) is 12.1 Å². The zero-order chi connectivity index (χ0) is 12.3. The summed E-state index contributed by atoms with van der Waals surface area (Å²) in [5.41, 5.74) is 1.54. The van der Waals surface area contributed by atoms with E-state index in [4.69, 9.17) is 10.00 Å². The van der Waals surface area contributed by atoms with Crippen LogP contribution in [0.1, 0.15) is 31.0 Å². The summed E-state index contributed by atoms with van der Waals surface area (Å²) >= 11 is 0. The fraction of sp³-hybridized carbons (Fsp3) is 0.538. The van der Waals surface area contributed by atoms with E-state index in [-0.39, 0.29) is 0 Å². The Labute approximate surface area is 103 Å². The normalized spacial score (nSPS) is 10.1. The Kier molecular flexibility index (Phi) is 6.96. The molecule has 0 atom stereocenters. The zero-order valence-electron chi connectivity index (χ0n) is 10.3. The molecule has 1 rings (SSSR count). The van der Waals surface area contributed by atoms with Gasteiger partial charge < -0.3 is 10.1 Å². The Morgan fingerprint density at radius 3 is 3.12 bits per heavy atom. The molecule has 0 unspecified atom stereocenters. The van der Waals surface area contributed by atoms with Gasteiger partial charge in [0, 0.05) is 25.9 Å². The molecule has 0 aliphatic rings. The van der Waals surface area contributed by atoms with Crippen molar-refractivity contribution in [3.8, 4) is 6.07 Å². The molecule has 0 aliphatic heterocycles. The third-order valence-electron chi connectivity index (χ3n) is 2.33. The van der Waals surface area contributed by atoms with Crippen molar-refractivity contribution in [2.75, 3.05) is 19.8 Å². The molecule has 0 saturated carbocycles. The predicted octanol–water partition coefficient (Wildman–Crippen LogP) is 1.86. The van der Waals surface area contributed by atoms with Gasteiger partial charge in [-0.1, -0.05) is 13.3 Å². The first-order valence-electron chi connectivity index (χ1n) is 6.00. The molecule has 1 N–H and O–H groups in total. The summed E-state index contributed by atoms with van der Waals surface area (Å²) in [7, 11) is 0. The molecule has 0 radical (unpaired) electrons. The third-order valence-corrected chi connectivity index (χ3v) is 2.33. The summed E-state index contributed by atoms with van der Waals surface area (Å²) in [6.07, 6.45) is 3.95. The maximum absolute atomic E-state index is 8.70. The van der Waals surface area contributed by atoms with Crippen LogP contribution in [0.3, 0.4) is 0 Å². The van der Waals surface area contributed by atoms with Gasteiger partial charge in [0.1, 0.15) is 11.8 Å². The standard InChI is InChI=1S/C13H19N3O/c1-2-3-7-17-8-6-15-11-12-4-5-16-13(9-12)10-14/h4-5,9,15H,2-3,6-8,11H2,1H3. The number of nitrogens with one attached hydrogen (secondary N) is 1. The van der Waals surface area contributed by atoms with E-state index >= 15 is 0 Å². The number of pyridine rings is 1. The van der Waals surface area contributed by atoms with Crippen LogP contribution in [-0.4, -0.2) is 24.7 Å². The summed E-state index contributed by atoms with van der Waals surface area (Å²) < 4.78 is 5.43. The van der Waals surface area contributed by atoms with E-state index < -0.39 is 0 Å². The fourth-order valence-electron chi connectivity index (χ4n) is 1.37. The molecule has 0 bridgehead atoms. The molecule has 0 aliphatic carbocycles. The Hall–Kier alpha value is -1.44. The molecule has 1 aromatic heterocycles. The van der Waals surface area contributed by atoms with Gasteiger partial charge in [0.05, 0.1) is 6.61 Å². The Morgan fingerprint density at radius 2 is 2.35 bits per heavy atom. The lowest BCUT2D eigenvalue weighted by Gasteiger charge is -2.05. The molecule has 0 spiro atoms. The second kappa shape index (κ2) is 8.68. The van der Waals surface area contributed by atoms with Crippen LogP contribution in [0.25, 0.3) is 0 Å². The molecular weight excluding hydrogens is 214 g/mol. The summed E-state index contributed by atoms with van der Waals surface area (Å²) in [6.45, 7) is 5.29. The third kappa shape index (κ3) is 6.00. The first-order chi connectivity index (χ1) is 8.36. The number of hydrogen-bond acceptors (Lipinski definition) is 4. The summed E-state index contributed by atoms with van der Waals surface area (Å²) in [6, 6.07) is 5.73. The minimum absolute atomic E-state index is 0.462. The van der Waals surface area contributed by atoms with Crippen LogP contribution >= 0.6 is 0 Å². The number of nitriles is 1. The second-order valence-electron chi connectivity index (χ2n) is 3.80. The summed E-state index contributed by atoms with van der Waals surface area (Å²) in [4.78, 5) is 3.92. The van der Waals surface area contributed by atoms with Crippen molar-refractivity contribution >= 4 is 0 Å². The quantitative estimate of drug-likeness (QED) is 0.696. The van der Waals surface area contributed by atoms with Gasteiger partial charge in [-0.05, 0) is 24.1 Å². The highest BCUT2D eigenvalue weighted by molar-refractivity contribution is 5.25. The van der Waals surface area contributed by atoms with Crippen molar-refractivity contribution in [3.63, 3.8) is 0 Å². The van der Waals surface area contributed by atoms with Crippen LogP contribution in [0.5, 0.6) is 0 Å². The molecule has 0 aromatic carbocycles. The molecule has 4 heteroatoms. The van der Waals surface area contributed by atoms with Crippen LogP contribution in [0, 0.1) is 11.3 Å². The number of nitrogens with zero attached hydrogens (tertiary/aromatic N) is 2. The van der Waals surface area contributed by atoms with Crippen molar-refractivity contribution in [1.29, 1.82) is 5.26 Å². The fourth-order valence-corrected chi connectivity index (χ4v) is 1.37. The molecule has 92 valence electrons. The first-order valence-corrected chi connectivity index (χ1v) is 6.00. The number of hydrogen-bond donors (Lipinski definition) is 1. The van der Waals surface area contributed by atoms with Gasteiger partial charge >= 0.3 is 0 Å². The molecule has 1 aromatic rings. The van der Waals surface area contributed by atoms with E-state index in [1.165, 1.54) is 6.42 Å². The van der Waals surface area contributed by atoms with Crippen molar-refractivity contribution in [3.05, 3.63) is 29.6 Å². The van der Waals surface area contributed by atoms with Crippen LogP contribution in [0.15, 0.2) is 18.3 Å². The highest BCUT2D eigenvalue weighted by atomic mass is 16.5. The largest absolute Gasteiger partial charge is 0.380 e. The van der Waals surface area contributed by atoms with Gasteiger partial charge in [0.25, 0.3) is 0 Å². The monoisotopic (exact) mass is 233 g/mol. The van der Waals surface area contributed by atoms with Gasteiger partial charge in [0.15, 0.2) is 0 Å². The number of aromatic nitrogens is 1. The SMILES string of the molecule is CCCCOCCNCc1ccnc(C#N)c1. The highest BCUT2D eigenvalue weighted by Gasteiger charge is 1.95. The van der Waals surface area contributed by atoms with E-state index in [0.717, 1.165) is 38.3 Å². The van der Waals surface area contributed by atoms with Gasteiger partial charge in [-0.15, -0.1) is 0 Å². The average Bonchev–Trinajstić information content (AvgIpc) is 2.38. The maximum Gasteiger partial charge on any atom is 0.140 e. The average molecular weight is 233 g/mol. The summed E-state index contributed by atoms with van der Waals surface area (Å²) in [5.74, 6) is 0. The van der Waals surface area contributed by atoms with Crippen LogP contribution in [0.2, 0.25) is 0 Å². The lowest BCUT2D eigenvalue weighted by Crippen LogP contribution is -2.19. The van der Waals surface area contributed by atoms with E-state index in [9.17, 15) is 0 Å². The lowest BCUT2D eigenvalue weighted by atomic mass is 10.2. The second-order valence-corrected chi connectivity index (χ2v) is 3.80. The Morgan fingerprint density at radius 1 is 1.47 bits per heavy atom. The van der Waals surface area contributed by atoms with Crippen LogP contribution < -0.4 is 5.32 Å². The molecule has 1 heterocycles. The molecule has 0 fully saturated rings. The van der Waals surface area contributed by atoms with Crippen LogP contribution in [0.4, 0.5) is 0 Å². The molecule has 4 nitrogen and oxygen atoms in total. The topological polar surface area (TPSA) is 57.9 Å². The molecule has 17 heavy (non-hydrogen) atoms. The van der Waals surface area contributed by atoms with Crippen molar-refractivity contribution in [2.24, 2.45) is 0 Å². The minimum atomic E-state index is 0.462. The number of unbranched alkanes of at least 4 members (excludes halogenated alkanes) is 1. The zero-order valence-corrected chi connectivity index (χ0v) is 10.3. The first kappa shape index (κ1) is 13.6. The van der Waals surface area contributed by atoms with Crippen molar-refractivity contribution in [1.82, 2.24) is 10.3 Å². The van der Waals surface area contributed by atoms with E-state index in [1.54, 1.807) is 12.3 Å². The van der Waals surface area contributed by atoms with Gasteiger partial charge in [-0.25, -0.2) is 4.98 Å². The van der Waals surface area contributed by atoms with Crippen molar-refractivity contribution < 1.29 is 4.74 Å². The van der Waals surface area contributed by atoms with Gasteiger partial charge in [0.2, 0.25) is 0 Å². The number of ether oxygens (including phenoxy) is 1. The molecule has 0 saturated heterocycles. The minimum Gasteiger partial charge on any atom is -0.380 e. The smallest absolute Gasteiger partial charge is 0.140 e. The Bertz CT molecular complexity index is 360. The summed E-state index contributed by atoms with van der Waals surface area (Å²) in [5, 5.41) is 12.0.